The minimum Gasteiger partial charge on any atom is -0.691 e. The van der Waals surface area contributed by atoms with Gasteiger partial charge in [-0.2, -0.15) is 8.91 Å². The number of anilines is 1. The first kappa shape index (κ1) is 53.4. The molecule has 362 valence electrons. The molecule has 0 fully saturated rings. The molecule has 0 aromatic heterocycles. The van der Waals surface area contributed by atoms with Crippen LogP contribution in [-0.2, 0) is 59.9 Å². The molecule has 0 radical (unpaired) electrons. The third-order valence-corrected chi connectivity index (χ3v) is 13.9. The van der Waals surface area contributed by atoms with Gasteiger partial charge in [0.2, 0.25) is 17.5 Å². The van der Waals surface area contributed by atoms with Crippen LogP contribution in [0.25, 0.3) is 0 Å². The summed E-state index contributed by atoms with van der Waals surface area (Å²) in [6, 6.07) is 19.5. The number of fused-ring (bicyclic) bond motifs is 2. The van der Waals surface area contributed by atoms with E-state index >= 15 is 0 Å². The second-order valence-electron chi connectivity index (χ2n) is 18.3. The first-order chi connectivity index (χ1) is 31.8. The molecule has 2 aliphatic rings. The van der Waals surface area contributed by atoms with E-state index in [1.54, 1.807) is 0 Å². The van der Waals surface area contributed by atoms with E-state index in [9.17, 15) is 23.8 Å². The van der Waals surface area contributed by atoms with Crippen molar-refractivity contribution in [2.24, 2.45) is 5.92 Å². The third-order valence-electron chi connectivity index (χ3n) is 12.0. The lowest BCUT2D eigenvalue weighted by Gasteiger charge is -2.25. The molecule has 0 saturated carbocycles. The lowest BCUT2D eigenvalue weighted by Crippen LogP contribution is -2.54. The zero-order chi connectivity index (χ0) is 48.9. The first-order valence-corrected chi connectivity index (χ1v) is 26.3. The fourth-order valence-corrected chi connectivity index (χ4v) is 10.2. The molecule has 0 spiro atoms. The van der Waals surface area contributed by atoms with Gasteiger partial charge in [-0.3, -0.25) is 23.6 Å². The van der Waals surface area contributed by atoms with Crippen LogP contribution in [0.15, 0.2) is 113 Å². The Balaban J connectivity index is 1.29. The highest BCUT2D eigenvalue weighted by molar-refractivity contribution is 8.01. The van der Waals surface area contributed by atoms with Crippen molar-refractivity contribution in [2.75, 3.05) is 30.5 Å². The van der Waals surface area contributed by atoms with Gasteiger partial charge in [-0.1, -0.05) is 81.3 Å². The molecule has 0 unspecified atom stereocenters. The maximum atomic E-state index is 13.7. The summed E-state index contributed by atoms with van der Waals surface area (Å²) in [5.74, 6) is -1.43. The fraction of sp³-hybridized carbons (Fsp3) is 0.420. The molecule has 5 rings (SSSR count). The highest BCUT2D eigenvalue weighted by Gasteiger charge is 2.44. The van der Waals surface area contributed by atoms with Crippen molar-refractivity contribution < 1.29 is 52.4 Å². The van der Waals surface area contributed by atoms with Gasteiger partial charge in [-0.15, -0.1) is 4.33 Å². The largest absolute Gasteiger partial charge is 0.691 e. The number of carbonyl (C=O) groups excluding carboxylic acids is 3. The summed E-state index contributed by atoms with van der Waals surface area (Å²) in [4.78, 5) is 44.1. The minimum atomic E-state index is -2.49. The van der Waals surface area contributed by atoms with E-state index in [1.807, 2.05) is 86.7 Å². The monoisotopic (exact) mass is 976 g/mol. The second kappa shape index (κ2) is 24.1. The average molecular weight is 977 g/mol. The summed E-state index contributed by atoms with van der Waals surface area (Å²) in [5, 5.41) is 33.7. The number of carbonyl (C=O) groups is 3. The number of allylic oxidation sites excluding steroid dienone is 6. The van der Waals surface area contributed by atoms with Crippen LogP contribution in [0.1, 0.15) is 90.8 Å². The van der Waals surface area contributed by atoms with Crippen molar-refractivity contribution >= 4 is 73.7 Å². The first-order valence-electron chi connectivity index (χ1n) is 22.3. The van der Waals surface area contributed by atoms with Crippen LogP contribution < -0.4 is 20.8 Å². The number of hydrogen-bond acceptors (Lipinski definition) is 13. The summed E-state index contributed by atoms with van der Waals surface area (Å²) in [6.07, 6.45) is 15.9. The average Bonchev–Trinajstić information content (AvgIpc) is 3.62. The summed E-state index contributed by atoms with van der Waals surface area (Å²) >= 11 is 1.79. The Morgan fingerprint density at radius 1 is 0.881 bits per heavy atom. The molecule has 2 aliphatic heterocycles. The highest BCUT2D eigenvalue weighted by atomic mass is 32.2. The number of Topliss-reactive ketones (excluding diaryl/α,β-unsaturated/α-hetero) is 1. The molecule has 14 nitrogen and oxygen atoms in total. The van der Waals surface area contributed by atoms with Gasteiger partial charge in [-0.25, -0.2) is 5.26 Å². The summed E-state index contributed by atoms with van der Waals surface area (Å²) < 4.78 is 24.0. The van der Waals surface area contributed by atoms with Crippen LogP contribution in [0.3, 0.4) is 0 Å². The van der Waals surface area contributed by atoms with Gasteiger partial charge in [-0.05, 0) is 96.6 Å². The molecular weight excluding hydrogens is 913 g/mol. The number of nitrogens with zero attached hydrogens (tertiary/aromatic N) is 2. The van der Waals surface area contributed by atoms with Crippen LogP contribution >= 0.6 is 24.1 Å². The van der Waals surface area contributed by atoms with Crippen molar-refractivity contribution in [3.63, 3.8) is 0 Å². The Kier molecular flexibility index (Phi) is 19.2. The number of unbranched alkanes of at least 4 members (excludes halogenated alkanes) is 2. The molecule has 2 atom stereocenters. The number of ketones is 1. The van der Waals surface area contributed by atoms with Gasteiger partial charge in [0.25, 0.3) is 0 Å². The normalized spacial score (nSPS) is 16.8. The van der Waals surface area contributed by atoms with Crippen LogP contribution in [0.5, 0.6) is 0 Å². The van der Waals surface area contributed by atoms with Gasteiger partial charge in [0.15, 0.2) is 11.5 Å². The highest BCUT2D eigenvalue weighted by Crippen LogP contribution is 2.49. The lowest BCUT2D eigenvalue weighted by molar-refractivity contribution is -0.777. The smallest absolute Gasteiger partial charge is 0.243 e. The molecule has 0 bridgehead atoms. The van der Waals surface area contributed by atoms with Crippen LogP contribution in [0.4, 0.5) is 11.4 Å². The van der Waals surface area contributed by atoms with Crippen molar-refractivity contribution in [1.29, 1.82) is 0 Å². The molecule has 67 heavy (non-hydrogen) atoms. The second-order valence-corrected chi connectivity index (χ2v) is 22.7. The zero-order valence-electron chi connectivity index (χ0n) is 39.7. The van der Waals surface area contributed by atoms with Gasteiger partial charge < -0.3 is 20.8 Å². The maximum Gasteiger partial charge on any atom is 0.243 e. The molecule has 17 heteroatoms. The molecule has 3 aromatic rings. The van der Waals surface area contributed by atoms with E-state index in [2.05, 4.69) is 97.8 Å². The van der Waals surface area contributed by atoms with E-state index in [0.717, 1.165) is 92.7 Å². The van der Waals surface area contributed by atoms with E-state index in [4.69, 9.17) is 5.26 Å². The van der Waals surface area contributed by atoms with Crippen LogP contribution in [0.2, 0.25) is 0 Å². The molecule has 0 aliphatic carbocycles. The van der Waals surface area contributed by atoms with Gasteiger partial charge >= 0.3 is 0 Å². The minimum absolute atomic E-state index is 0.207. The standard InChI is InChI=1S/C50H64N4O10S3/c1-10-53-41-27-25-36(65-63-61-58)31-38(41)49(4,5)44(53)22-16-12-17-23-45-50(6,7)39-32-37(66-64-62-59)26-28-42(39)54(45)29-19-13-18-24-46(56)51-40(30-35-20-14-11-15-21-35)48(57)52-47(34(2)3)43(55)33-67(8,9)60/h11-12,14-17,20-23,25-28,31-34,40,47H,10,13,18-19,24,29-30H2,1-9H3,(H3-,51,52,56,57,58,59)/t40-,47-/m0/s1. The van der Waals surface area contributed by atoms with Crippen molar-refractivity contribution in [3.05, 3.63) is 119 Å². The van der Waals surface area contributed by atoms with Gasteiger partial charge in [0, 0.05) is 88.0 Å². The van der Waals surface area contributed by atoms with Crippen molar-refractivity contribution in [2.45, 2.75) is 113 Å². The molecule has 3 aromatic carbocycles. The zero-order valence-corrected chi connectivity index (χ0v) is 42.2. The fourth-order valence-electron chi connectivity index (χ4n) is 8.69. The van der Waals surface area contributed by atoms with Gasteiger partial charge in [0.05, 0.1) is 35.5 Å². The topological polar surface area (TPSA) is 179 Å². The molecule has 2 heterocycles. The number of rotatable bonds is 24. The third kappa shape index (κ3) is 14.0. The van der Waals surface area contributed by atoms with Crippen LogP contribution in [0, 0.1) is 5.92 Å². The Labute approximate surface area is 404 Å². The van der Waals surface area contributed by atoms with Crippen LogP contribution in [-0.4, -0.2) is 80.4 Å². The van der Waals surface area contributed by atoms with E-state index in [0.29, 0.717) is 13.0 Å². The molecular formula is C50H64N4O10S3. The predicted molar refractivity (Wildman–Crippen MR) is 265 cm³/mol. The maximum absolute atomic E-state index is 13.7. The Morgan fingerprint density at radius 3 is 2.22 bits per heavy atom. The Morgan fingerprint density at radius 2 is 1.57 bits per heavy atom. The van der Waals surface area contributed by atoms with Crippen molar-refractivity contribution in [3.8, 4) is 0 Å². The Bertz CT molecular complexity index is 2490. The van der Waals surface area contributed by atoms with E-state index in [-0.39, 0.29) is 30.1 Å². The number of likely N-dealkylation sites (N-methyl/N-ethyl adjacent to an activating group) is 1. The summed E-state index contributed by atoms with van der Waals surface area (Å²) in [6.45, 7) is 15.9. The van der Waals surface area contributed by atoms with Crippen molar-refractivity contribution in [1.82, 2.24) is 10.6 Å². The number of amides is 2. The number of benzene rings is 3. The summed E-state index contributed by atoms with van der Waals surface area (Å²) in [5.41, 5.74) is 6.70. The SMILES string of the molecule is CCN1/C(=C/C=C/C=C/C2=[N+](CCCCCC(=O)N[C@@H](Cc3ccccc3)C(=O)N[C@H](C(=O)C=S(C)(C)=O)C(C)C)c3ccc(SOO[O-])cc3C2(C)C)C(C)(C)c2cc(SOOO)ccc21. The molecule has 3 N–H and O–H groups in total. The predicted octanol–water partition coefficient (Wildman–Crippen LogP) is 7.88. The van der Waals surface area contributed by atoms with Gasteiger partial charge in [0.1, 0.15) is 12.6 Å². The molecule has 0 saturated heterocycles. The number of nitrogens with one attached hydrogen (secondary N) is 2. The Hall–Kier alpha value is -4.56. The summed E-state index contributed by atoms with van der Waals surface area (Å²) in [7, 11) is -2.49. The van der Waals surface area contributed by atoms with E-state index < -0.39 is 38.7 Å². The molecule has 2 amide bonds. The lowest BCUT2D eigenvalue weighted by atomic mass is 9.81. The van der Waals surface area contributed by atoms with E-state index in [1.165, 1.54) is 17.9 Å². The quantitative estimate of drug-likeness (QED) is 0.0150. The number of hydrogen-bond donors (Lipinski definition) is 3.